The number of hydrogen-bond donors (Lipinski definition) is 0. The monoisotopic (exact) mass is 374 g/mol. The molecule has 0 spiro atoms. The highest BCUT2D eigenvalue weighted by Crippen LogP contribution is 2.37. The molecule has 0 aliphatic carbocycles. The van der Waals surface area contributed by atoms with Gasteiger partial charge in [-0.05, 0) is 64.3 Å². The van der Waals surface area contributed by atoms with Gasteiger partial charge in [0.2, 0.25) is 0 Å². The quantitative estimate of drug-likeness (QED) is 0.740. The van der Waals surface area contributed by atoms with Crippen molar-refractivity contribution in [3.63, 3.8) is 0 Å². The molecule has 27 heavy (non-hydrogen) atoms. The van der Waals surface area contributed by atoms with Crippen LogP contribution in [0.5, 0.6) is 5.75 Å². The van der Waals surface area contributed by atoms with Crippen LogP contribution in [0.4, 0.5) is 0 Å². The zero-order chi connectivity index (χ0) is 19.8. The van der Waals surface area contributed by atoms with Crippen molar-refractivity contribution in [2.75, 3.05) is 33.8 Å². The fraction of sp³-hybridized carbons (Fsp3) is 0.714. The van der Waals surface area contributed by atoms with Crippen LogP contribution in [0.3, 0.4) is 0 Å². The molecule has 2 aliphatic heterocycles. The fourth-order valence-electron chi connectivity index (χ4n) is 3.88. The van der Waals surface area contributed by atoms with Gasteiger partial charge < -0.3 is 18.9 Å². The summed E-state index contributed by atoms with van der Waals surface area (Å²) in [5.41, 5.74) is 1.67. The molecule has 1 unspecified atom stereocenters. The minimum atomic E-state index is -0.342. The van der Waals surface area contributed by atoms with Gasteiger partial charge in [0, 0.05) is 32.2 Å². The molecule has 5 nitrogen and oxygen atoms in total. The summed E-state index contributed by atoms with van der Waals surface area (Å²) in [7, 11) is 3.61. The van der Waals surface area contributed by atoms with Gasteiger partial charge in [-0.15, -0.1) is 0 Å². The van der Waals surface area contributed by atoms with Crippen LogP contribution in [-0.2, 0) is 15.9 Å². The first kappa shape index (κ1) is 20.7. The number of methoxy groups -OCH3 is 1. The zero-order valence-electron chi connectivity index (χ0n) is 18.0. The van der Waals surface area contributed by atoms with Crippen LogP contribution in [0.2, 0.25) is 0 Å². The summed E-state index contributed by atoms with van der Waals surface area (Å²) in [5.74, 6) is 0.881. The highest BCUT2D eigenvalue weighted by molar-refractivity contribution is 6.62. The van der Waals surface area contributed by atoms with E-state index in [4.69, 9.17) is 14.0 Å². The topological polar surface area (TPSA) is 34.2 Å². The Bertz CT molecular complexity index is 649. The minimum absolute atomic E-state index is 0.337. The molecule has 2 heterocycles. The fourth-order valence-corrected chi connectivity index (χ4v) is 3.88. The number of likely N-dealkylation sites (N-methyl/N-ethyl adjacent to an activating group) is 1. The Labute approximate surface area is 165 Å². The smallest absolute Gasteiger partial charge is 0.495 e. The van der Waals surface area contributed by atoms with E-state index in [0.29, 0.717) is 6.04 Å². The molecule has 0 N–H and O–H groups in total. The van der Waals surface area contributed by atoms with Crippen LogP contribution in [0.15, 0.2) is 18.2 Å². The largest absolute Gasteiger partial charge is 0.497 e. The standard InChI is InChI=1S/C21H35BN2O3/c1-8-17-15-24(12-11-23(17)6)14-16-13-18(25-7)9-10-19(16)22-26-20(2,3)21(4,5)27-22/h9-10,13,17H,8,11-12,14-15H2,1-7H3. The third kappa shape index (κ3) is 4.19. The molecule has 150 valence electrons. The van der Waals surface area contributed by atoms with Crippen molar-refractivity contribution < 1.29 is 14.0 Å². The lowest BCUT2D eigenvalue weighted by Crippen LogP contribution is -2.51. The Kier molecular flexibility index (Phi) is 5.92. The molecule has 3 rings (SSSR count). The molecule has 1 aromatic carbocycles. The maximum absolute atomic E-state index is 6.32. The summed E-state index contributed by atoms with van der Waals surface area (Å²) >= 11 is 0. The van der Waals surface area contributed by atoms with E-state index in [9.17, 15) is 0 Å². The Morgan fingerprint density at radius 1 is 1.15 bits per heavy atom. The van der Waals surface area contributed by atoms with E-state index >= 15 is 0 Å². The maximum atomic E-state index is 6.32. The molecule has 1 atom stereocenters. The van der Waals surface area contributed by atoms with Gasteiger partial charge in [-0.25, -0.2) is 0 Å². The number of piperazine rings is 1. The minimum Gasteiger partial charge on any atom is -0.497 e. The van der Waals surface area contributed by atoms with Crippen LogP contribution in [0, 0.1) is 0 Å². The Hall–Kier alpha value is -1.08. The molecule has 0 amide bonds. The lowest BCUT2D eigenvalue weighted by molar-refractivity contribution is 0.00578. The predicted molar refractivity (Wildman–Crippen MR) is 111 cm³/mol. The van der Waals surface area contributed by atoms with Crippen LogP contribution >= 0.6 is 0 Å². The van der Waals surface area contributed by atoms with E-state index < -0.39 is 0 Å². The van der Waals surface area contributed by atoms with E-state index in [-0.39, 0.29) is 18.3 Å². The van der Waals surface area contributed by atoms with Gasteiger partial charge in [0.05, 0.1) is 18.3 Å². The molecule has 0 aromatic heterocycles. The molecule has 1 aromatic rings. The van der Waals surface area contributed by atoms with Crippen LogP contribution in [0.25, 0.3) is 0 Å². The van der Waals surface area contributed by atoms with Gasteiger partial charge in [0.1, 0.15) is 5.75 Å². The summed E-state index contributed by atoms with van der Waals surface area (Å²) in [6.07, 6.45) is 1.18. The first-order chi connectivity index (χ1) is 12.7. The number of nitrogens with zero attached hydrogens (tertiary/aromatic N) is 2. The van der Waals surface area contributed by atoms with Crippen molar-refractivity contribution in [1.82, 2.24) is 9.80 Å². The van der Waals surface area contributed by atoms with Gasteiger partial charge >= 0.3 is 7.12 Å². The Morgan fingerprint density at radius 2 is 1.81 bits per heavy atom. The van der Waals surface area contributed by atoms with Crippen molar-refractivity contribution in [3.8, 4) is 5.75 Å². The summed E-state index contributed by atoms with van der Waals surface area (Å²) in [6, 6.07) is 6.86. The molecule has 0 saturated carbocycles. The average Bonchev–Trinajstić information content (AvgIpc) is 2.83. The van der Waals surface area contributed by atoms with Crippen molar-refractivity contribution in [2.24, 2.45) is 0 Å². The first-order valence-corrected chi connectivity index (χ1v) is 10.1. The van der Waals surface area contributed by atoms with Crippen molar-refractivity contribution in [3.05, 3.63) is 23.8 Å². The SMILES string of the molecule is CCC1CN(Cc2cc(OC)ccc2B2OC(C)(C)C(C)(C)O2)CCN1C. The predicted octanol–water partition coefficient (Wildman–Crippen LogP) is 2.52. The van der Waals surface area contributed by atoms with Gasteiger partial charge in [-0.1, -0.05) is 13.0 Å². The number of rotatable bonds is 5. The summed E-state index contributed by atoms with van der Waals surface area (Å²) in [4.78, 5) is 5.01. The van der Waals surface area contributed by atoms with Crippen molar-refractivity contribution in [2.45, 2.75) is 64.8 Å². The van der Waals surface area contributed by atoms with Gasteiger partial charge in [0.25, 0.3) is 0 Å². The third-order valence-corrected chi connectivity index (χ3v) is 6.58. The molecule has 2 saturated heterocycles. The van der Waals surface area contributed by atoms with Crippen molar-refractivity contribution >= 4 is 12.6 Å². The molecule has 6 heteroatoms. The molecule has 0 radical (unpaired) electrons. The van der Waals surface area contributed by atoms with Gasteiger partial charge in [-0.2, -0.15) is 0 Å². The molecular formula is C21H35BN2O3. The highest BCUT2D eigenvalue weighted by Gasteiger charge is 2.52. The second-order valence-electron chi connectivity index (χ2n) is 8.93. The summed E-state index contributed by atoms with van der Waals surface area (Å²) in [6.45, 7) is 14.8. The van der Waals surface area contributed by atoms with Crippen molar-refractivity contribution in [1.29, 1.82) is 0 Å². The number of hydrogen-bond acceptors (Lipinski definition) is 5. The van der Waals surface area contributed by atoms with E-state index in [1.165, 1.54) is 12.0 Å². The van der Waals surface area contributed by atoms with Crippen LogP contribution in [-0.4, -0.2) is 68.0 Å². The first-order valence-electron chi connectivity index (χ1n) is 10.1. The van der Waals surface area contributed by atoms with E-state index in [1.54, 1.807) is 7.11 Å². The molecular weight excluding hydrogens is 339 g/mol. The normalized spacial score (nSPS) is 25.7. The Morgan fingerprint density at radius 3 is 2.41 bits per heavy atom. The van der Waals surface area contributed by atoms with E-state index in [1.807, 2.05) is 6.07 Å². The highest BCUT2D eigenvalue weighted by atomic mass is 16.7. The average molecular weight is 374 g/mol. The van der Waals surface area contributed by atoms with Gasteiger partial charge in [0.15, 0.2) is 0 Å². The number of ether oxygens (including phenoxy) is 1. The molecule has 0 bridgehead atoms. The zero-order valence-corrected chi connectivity index (χ0v) is 18.0. The lowest BCUT2D eigenvalue weighted by atomic mass is 9.75. The third-order valence-electron chi connectivity index (χ3n) is 6.58. The Balaban J connectivity index is 1.84. The van der Waals surface area contributed by atoms with E-state index in [0.717, 1.165) is 37.4 Å². The number of benzene rings is 1. The maximum Gasteiger partial charge on any atom is 0.495 e. The summed E-state index contributed by atoms with van der Waals surface area (Å²) < 4.78 is 18.1. The second kappa shape index (κ2) is 7.74. The van der Waals surface area contributed by atoms with Crippen LogP contribution < -0.4 is 10.2 Å². The molecule has 2 aliphatic rings. The van der Waals surface area contributed by atoms with Crippen LogP contribution in [0.1, 0.15) is 46.6 Å². The molecule has 2 fully saturated rings. The lowest BCUT2D eigenvalue weighted by Gasteiger charge is -2.39. The van der Waals surface area contributed by atoms with Gasteiger partial charge in [-0.3, -0.25) is 4.90 Å². The second-order valence-corrected chi connectivity index (χ2v) is 8.93. The van der Waals surface area contributed by atoms with E-state index in [2.05, 4.69) is 63.6 Å². The summed E-state index contributed by atoms with van der Waals surface area (Å²) in [5, 5.41) is 0.